The largest absolute Gasteiger partial charge is 0.529 e. The fourth-order valence-electron chi connectivity index (χ4n) is 0.309. The van der Waals surface area contributed by atoms with Gasteiger partial charge in [0.25, 0.3) is 0 Å². The lowest BCUT2D eigenvalue weighted by molar-refractivity contribution is -0.333. The van der Waals surface area contributed by atoms with Gasteiger partial charge in [0, 0.05) is 0 Å². The van der Waals surface area contributed by atoms with Gasteiger partial charge in [-0.15, -0.1) is 39.5 Å². The van der Waals surface area contributed by atoms with Crippen LogP contribution in [-0.2, 0) is 13.6 Å². The van der Waals surface area contributed by atoms with Gasteiger partial charge in [-0.25, -0.2) is 13.6 Å². The molecule has 16 heavy (non-hydrogen) atoms. The third-order valence-electron chi connectivity index (χ3n) is 0.534. The van der Waals surface area contributed by atoms with Crippen LogP contribution in [0.2, 0.25) is 0 Å². The summed E-state index contributed by atoms with van der Waals surface area (Å²) in [7, 11) is -4.70. The predicted octanol–water partition coefficient (Wildman–Crippen LogP) is 3.82. The summed E-state index contributed by atoms with van der Waals surface area (Å²) in [6, 6.07) is 0. The fourth-order valence-corrected chi connectivity index (χ4v) is 0.928. The molecule has 13 heteroatoms. The topological polar surface area (TPSA) is 27.7 Å². The van der Waals surface area contributed by atoms with Crippen molar-refractivity contribution >= 4 is 8.60 Å². The molecule has 0 saturated heterocycles. The van der Waals surface area contributed by atoms with E-state index in [1.807, 2.05) is 0 Å². The first-order valence-electron chi connectivity index (χ1n) is 2.86. The Morgan fingerprint density at radius 2 is 0.688 bits per heavy atom. The highest BCUT2D eigenvalue weighted by Gasteiger charge is 2.48. The molecule has 0 aromatic carbocycles. The van der Waals surface area contributed by atoms with Crippen LogP contribution in [0.4, 0.5) is 39.5 Å². The molecule has 0 aliphatic rings. The Morgan fingerprint density at radius 1 is 0.500 bits per heavy atom. The Hall–Kier alpha value is -0.320. The lowest BCUT2D eigenvalue weighted by atomic mass is 11.4. The molecule has 3 nitrogen and oxygen atoms in total. The summed E-state index contributed by atoms with van der Waals surface area (Å²) in [5.41, 5.74) is 0. The number of hydrogen-bond donors (Lipinski definition) is 0. The van der Waals surface area contributed by atoms with Crippen molar-refractivity contribution in [2.75, 3.05) is 0 Å². The van der Waals surface area contributed by atoms with E-state index in [4.69, 9.17) is 0 Å². The lowest BCUT2D eigenvalue weighted by Gasteiger charge is -2.19. The SMILES string of the molecule is FC(F)(F)OP(OC(F)(F)F)OC(F)(F)F. The summed E-state index contributed by atoms with van der Waals surface area (Å²) in [4.78, 5) is 0. The fraction of sp³-hybridized carbons (Fsp3) is 1.00. The van der Waals surface area contributed by atoms with Crippen molar-refractivity contribution in [1.82, 2.24) is 0 Å². The smallest absolute Gasteiger partial charge is 0.216 e. The van der Waals surface area contributed by atoms with E-state index in [0.29, 0.717) is 0 Å². The first-order chi connectivity index (χ1) is 6.79. The molecule has 0 rings (SSSR count). The molecule has 0 fully saturated rings. The van der Waals surface area contributed by atoms with Crippen LogP contribution in [0.25, 0.3) is 0 Å². The third kappa shape index (κ3) is 10.2. The average Bonchev–Trinajstić information content (AvgIpc) is 1.70. The van der Waals surface area contributed by atoms with Crippen LogP contribution in [0.1, 0.15) is 0 Å². The second-order valence-corrected chi connectivity index (χ2v) is 2.83. The van der Waals surface area contributed by atoms with E-state index < -0.39 is 27.7 Å². The molecule has 98 valence electrons. The third-order valence-corrected chi connectivity index (χ3v) is 1.60. The van der Waals surface area contributed by atoms with Gasteiger partial charge in [0.15, 0.2) is 0 Å². The molecule has 0 atom stereocenters. The van der Waals surface area contributed by atoms with Crippen LogP contribution in [-0.4, -0.2) is 19.1 Å². The monoisotopic (exact) mass is 286 g/mol. The zero-order valence-corrected chi connectivity index (χ0v) is 7.47. The maximum absolute atomic E-state index is 11.4. The number of halogens is 9. The Labute approximate surface area is 82.1 Å². The Balaban J connectivity index is 4.53. The van der Waals surface area contributed by atoms with Gasteiger partial charge < -0.3 is 0 Å². The highest BCUT2D eigenvalue weighted by atomic mass is 31.2. The highest BCUT2D eigenvalue weighted by molar-refractivity contribution is 7.41. The van der Waals surface area contributed by atoms with Crippen molar-refractivity contribution in [2.45, 2.75) is 19.1 Å². The Kier molecular flexibility index (Phi) is 4.80. The average molecular weight is 286 g/mol. The standard InChI is InChI=1S/C3F9O3P/c4-1(5,6)13-16(14-2(7,8)9)15-3(10,11)12. The molecular weight excluding hydrogens is 286 g/mol. The molecule has 0 aliphatic heterocycles. The van der Waals surface area contributed by atoms with Gasteiger partial charge in [-0.1, -0.05) is 0 Å². The van der Waals surface area contributed by atoms with E-state index in [1.54, 1.807) is 0 Å². The molecule has 0 aromatic heterocycles. The lowest BCUT2D eigenvalue weighted by Crippen LogP contribution is -2.21. The van der Waals surface area contributed by atoms with Crippen LogP contribution in [0.3, 0.4) is 0 Å². The molecule has 0 N–H and O–H groups in total. The molecule has 0 heterocycles. The molecule has 0 amide bonds. The normalized spacial score (nSPS) is 14.6. The zero-order valence-electron chi connectivity index (χ0n) is 6.57. The van der Waals surface area contributed by atoms with Crippen LogP contribution < -0.4 is 0 Å². The van der Waals surface area contributed by atoms with Crippen molar-refractivity contribution in [3.05, 3.63) is 0 Å². The molecule has 0 aromatic rings. The summed E-state index contributed by atoms with van der Waals surface area (Å²) in [6.07, 6.45) is -17.3. The minimum Gasteiger partial charge on any atom is -0.216 e. The van der Waals surface area contributed by atoms with E-state index in [9.17, 15) is 39.5 Å². The summed E-state index contributed by atoms with van der Waals surface area (Å²) < 4.78 is 109. The first kappa shape index (κ1) is 15.7. The van der Waals surface area contributed by atoms with Crippen LogP contribution in [0.15, 0.2) is 0 Å². The van der Waals surface area contributed by atoms with Crippen LogP contribution in [0.5, 0.6) is 0 Å². The minimum atomic E-state index is -5.76. The summed E-state index contributed by atoms with van der Waals surface area (Å²) in [6.45, 7) is 0. The summed E-state index contributed by atoms with van der Waals surface area (Å²) in [5, 5.41) is 0. The molecule has 0 bridgehead atoms. The van der Waals surface area contributed by atoms with Gasteiger partial charge in [-0.05, 0) is 0 Å². The quantitative estimate of drug-likeness (QED) is 0.583. The van der Waals surface area contributed by atoms with Crippen molar-refractivity contribution in [3.63, 3.8) is 0 Å². The summed E-state index contributed by atoms with van der Waals surface area (Å²) >= 11 is 0. The maximum atomic E-state index is 11.4. The van der Waals surface area contributed by atoms with Gasteiger partial charge >= 0.3 is 27.7 Å². The van der Waals surface area contributed by atoms with E-state index in [0.717, 1.165) is 0 Å². The van der Waals surface area contributed by atoms with Crippen molar-refractivity contribution in [2.24, 2.45) is 0 Å². The van der Waals surface area contributed by atoms with Gasteiger partial charge in [-0.2, -0.15) is 0 Å². The number of alkyl halides is 9. The molecule has 0 radical (unpaired) electrons. The van der Waals surface area contributed by atoms with Crippen LogP contribution >= 0.6 is 8.60 Å². The first-order valence-corrected chi connectivity index (χ1v) is 3.96. The van der Waals surface area contributed by atoms with Crippen molar-refractivity contribution in [3.8, 4) is 0 Å². The number of hydrogen-bond acceptors (Lipinski definition) is 3. The van der Waals surface area contributed by atoms with Gasteiger partial charge in [0.05, 0.1) is 0 Å². The van der Waals surface area contributed by atoms with E-state index in [1.165, 1.54) is 0 Å². The van der Waals surface area contributed by atoms with Gasteiger partial charge in [0.1, 0.15) is 0 Å². The highest BCUT2D eigenvalue weighted by Crippen LogP contribution is 2.53. The van der Waals surface area contributed by atoms with Crippen molar-refractivity contribution < 1.29 is 53.1 Å². The maximum Gasteiger partial charge on any atom is 0.529 e. The van der Waals surface area contributed by atoms with E-state index in [-0.39, 0.29) is 0 Å². The molecule has 0 aliphatic carbocycles. The Bertz CT molecular complexity index is 179. The Morgan fingerprint density at radius 3 is 0.812 bits per heavy atom. The van der Waals surface area contributed by atoms with Crippen molar-refractivity contribution in [1.29, 1.82) is 0 Å². The molecule has 0 spiro atoms. The second-order valence-electron chi connectivity index (χ2n) is 1.83. The molecular formula is C3F9O3P. The number of rotatable bonds is 3. The van der Waals surface area contributed by atoms with E-state index in [2.05, 4.69) is 13.6 Å². The van der Waals surface area contributed by atoms with Crippen LogP contribution in [0, 0.1) is 0 Å². The summed E-state index contributed by atoms with van der Waals surface area (Å²) in [5.74, 6) is 0. The van der Waals surface area contributed by atoms with Gasteiger partial charge in [-0.3, -0.25) is 0 Å². The molecule has 0 unspecified atom stereocenters. The van der Waals surface area contributed by atoms with E-state index >= 15 is 0 Å². The van der Waals surface area contributed by atoms with Gasteiger partial charge in [0.2, 0.25) is 0 Å². The minimum absolute atomic E-state index is 2.37. The predicted molar refractivity (Wildman–Crippen MR) is 28.3 cm³/mol. The second kappa shape index (κ2) is 4.90. The zero-order chi connectivity index (χ0) is 13.2. The molecule has 0 saturated carbocycles.